The summed E-state index contributed by atoms with van der Waals surface area (Å²) in [6.45, 7) is 6.01. The molecular formula is C17H23N5O2S. The van der Waals surface area contributed by atoms with Crippen LogP contribution in [0.15, 0.2) is 12.3 Å². The van der Waals surface area contributed by atoms with Gasteiger partial charge in [-0.2, -0.15) is 0 Å². The lowest BCUT2D eigenvalue weighted by atomic mass is 10.2. The maximum absolute atomic E-state index is 11.8. The second kappa shape index (κ2) is 7.88. The lowest BCUT2D eigenvalue weighted by molar-refractivity contribution is -0.122. The summed E-state index contributed by atoms with van der Waals surface area (Å²) in [5, 5.41) is 4.08. The molecule has 3 heterocycles. The second-order valence-corrected chi connectivity index (χ2v) is 7.33. The summed E-state index contributed by atoms with van der Waals surface area (Å²) >= 11 is 1.65. The highest BCUT2D eigenvalue weighted by atomic mass is 32.1. The number of methoxy groups -OCH3 is 1. The minimum Gasteiger partial charge on any atom is -0.384 e. The molecule has 1 saturated heterocycles. The topological polar surface area (TPSA) is 80.2 Å². The van der Waals surface area contributed by atoms with Gasteiger partial charge >= 0.3 is 0 Å². The Morgan fingerprint density at radius 1 is 1.44 bits per heavy atom. The maximum atomic E-state index is 11.8. The van der Waals surface area contributed by atoms with Crippen LogP contribution in [0.25, 0.3) is 10.6 Å². The van der Waals surface area contributed by atoms with Crippen LogP contribution in [0.5, 0.6) is 0 Å². The van der Waals surface area contributed by atoms with Gasteiger partial charge < -0.3 is 15.0 Å². The van der Waals surface area contributed by atoms with E-state index in [9.17, 15) is 4.79 Å². The molecule has 3 rings (SSSR count). The van der Waals surface area contributed by atoms with Gasteiger partial charge in [0.2, 0.25) is 11.9 Å². The van der Waals surface area contributed by atoms with Crippen LogP contribution in [0.1, 0.15) is 23.5 Å². The largest absolute Gasteiger partial charge is 0.384 e. The second-order valence-electron chi connectivity index (χ2n) is 6.13. The number of ether oxygens (including phenoxy) is 1. The van der Waals surface area contributed by atoms with Gasteiger partial charge in [-0.05, 0) is 26.3 Å². The lowest BCUT2D eigenvalue weighted by Crippen LogP contribution is -2.37. The Bertz CT molecular complexity index is 748. The average molecular weight is 361 g/mol. The molecule has 1 amide bonds. The predicted molar refractivity (Wildman–Crippen MR) is 97.9 cm³/mol. The van der Waals surface area contributed by atoms with Crippen LogP contribution < -0.4 is 10.2 Å². The number of rotatable bonds is 6. The molecule has 1 atom stereocenters. The number of hydrogen-bond acceptors (Lipinski definition) is 7. The van der Waals surface area contributed by atoms with Crippen molar-refractivity contribution in [1.82, 2.24) is 20.3 Å². The minimum atomic E-state index is 0.0270. The molecule has 7 nitrogen and oxygen atoms in total. The zero-order chi connectivity index (χ0) is 17.8. The van der Waals surface area contributed by atoms with E-state index in [1.807, 2.05) is 19.9 Å². The fourth-order valence-corrected chi connectivity index (χ4v) is 3.84. The van der Waals surface area contributed by atoms with Gasteiger partial charge in [-0.1, -0.05) is 0 Å². The number of thiazole rings is 1. The fourth-order valence-electron chi connectivity index (χ4n) is 2.95. The van der Waals surface area contributed by atoms with Gasteiger partial charge in [0.05, 0.1) is 27.9 Å². The van der Waals surface area contributed by atoms with Crippen molar-refractivity contribution in [3.05, 3.63) is 23.0 Å². The maximum Gasteiger partial charge on any atom is 0.225 e. The van der Waals surface area contributed by atoms with Crippen LogP contribution in [0.2, 0.25) is 0 Å². The van der Waals surface area contributed by atoms with E-state index in [2.05, 4.69) is 20.2 Å². The molecular weight excluding hydrogens is 338 g/mol. The summed E-state index contributed by atoms with van der Waals surface area (Å²) in [4.78, 5) is 28.6. The van der Waals surface area contributed by atoms with Crippen molar-refractivity contribution in [3.8, 4) is 10.6 Å². The molecule has 2 aromatic heterocycles. The van der Waals surface area contributed by atoms with Crippen LogP contribution >= 0.6 is 11.3 Å². The number of nitrogens with zero attached hydrogens (tertiary/aromatic N) is 4. The van der Waals surface area contributed by atoms with E-state index >= 15 is 0 Å². The number of anilines is 1. The number of amides is 1. The Labute approximate surface area is 151 Å². The van der Waals surface area contributed by atoms with Gasteiger partial charge in [-0.25, -0.2) is 15.0 Å². The number of carbonyl (C=O) groups excluding carboxylic acids is 1. The molecule has 1 N–H and O–H groups in total. The first-order valence-corrected chi connectivity index (χ1v) is 9.19. The van der Waals surface area contributed by atoms with E-state index in [0.717, 1.165) is 40.8 Å². The smallest absolute Gasteiger partial charge is 0.225 e. The number of carbonyl (C=O) groups is 1. The molecule has 0 aromatic carbocycles. The van der Waals surface area contributed by atoms with E-state index < -0.39 is 0 Å². The molecule has 1 aliphatic rings. The zero-order valence-corrected chi connectivity index (χ0v) is 15.6. The Balaban J connectivity index is 1.66. The summed E-state index contributed by atoms with van der Waals surface area (Å²) in [5.74, 6) is 0.732. The van der Waals surface area contributed by atoms with Crippen LogP contribution in [0.4, 0.5) is 5.95 Å². The molecule has 8 heteroatoms. The van der Waals surface area contributed by atoms with Crippen molar-refractivity contribution in [2.24, 2.45) is 0 Å². The first-order valence-electron chi connectivity index (χ1n) is 8.37. The zero-order valence-electron chi connectivity index (χ0n) is 14.8. The van der Waals surface area contributed by atoms with Gasteiger partial charge in [0.1, 0.15) is 0 Å². The fraction of sp³-hybridized carbons (Fsp3) is 0.529. The SMILES string of the molecule is COCCC(=O)NC1CCN(c2nccc(-c3sc(C)nc3C)n2)C1. The summed E-state index contributed by atoms with van der Waals surface area (Å²) in [5.41, 5.74) is 1.90. The van der Waals surface area contributed by atoms with Gasteiger partial charge in [0.15, 0.2) is 0 Å². The third-order valence-corrected chi connectivity index (χ3v) is 5.24. The van der Waals surface area contributed by atoms with Gasteiger partial charge in [-0.15, -0.1) is 11.3 Å². The first-order chi connectivity index (χ1) is 12.1. The van der Waals surface area contributed by atoms with Crippen LogP contribution in [0, 0.1) is 13.8 Å². The number of hydrogen-bond donors (Lipinski definition) is 1. The van der Waals surface area contributed by atoms with Crippen LogP contribution in [-0.4, -0.2) is 53.7 Å². The van der Waals surface area contributed by atoms with E-state index in [-0.39, 0.29) is 11.9 Å². The number of nitrogens with one attached hydrogen (secondary N) is 1. The molecule has 0 aliphatic carbocycles. The summed E-state index contributed by atoms with van der Waals surface area (Å²) < 4.78 is 4.94. The van der Waals surface area contributed by atoms with Crippen molar-refractivity contribution >= 4 is 23.2 Å². The van der Waals surface area contributed by atoms with E-state index in [4.69, 9.17) is 9.72 Å². The average Bonchev–Trinajstić information content (AvgIpc) is 3.19. The Morgan fingerprint density at radius 2 is 2.28 bits per heavy atom. The molecule has 0 spiro atoms. The highest BCUT2D eigenvalue weighted by Gasteiger charge is 2.26. The highest BCUT2D eigenvalue weighted by Crippen LogP contribution is 2.29. The third-order valence-electron chi connectivity index (χ3n) is 4.15. The first kappa shape index (κ1) is 17.8. The van der Waals surface area contributed by atoms with Gasteiger partial charge in [0.25, 0.3) is 0 Å². The van der Waals surface area contributed by atoms with Gasteiger partial charge in [-0.3, -0.25) is 4.79 Å². The Kier molecular flexibility index (Phi) is 5.60. The van der Waals surface area contributed by atoms with Crippen molar-refractivity contribution in [2.75, 3.05) is 31.7 Å². The Hall–Kier alpha value is -2.06. The predicted octanol–water partition coefficient (Wildman–Crippen LogP) is 1.95. The minimum absolute atomic E-state index is 0.0270. The summed E-state index contributed by atoms with van der Waals surface area (Å²) in [7, 11) is 1.60. The summed E-state index contributed by atoms with van der Waals surface area (Å²) in [6.07, 6.45) is 3.07. The molecule has 0 radical (unpaired) electrons. The van der Waals surface area contributed by atoms with Crippen molar-refractivity contribution < 1.29 is 9.53 Å². The molecule has 1 fully saturated rings. The standard InChI is InChI=1S/C17H23N5O2S/c1-11-16(25-12(2)19-11)14-4-7-18-17(21-14)22-8-5-13(10-22)20-15(23)6-9-24-3/h4,7,13H,5-6,8-10H2,1-3H3,(H,20,23). The number of aryl methyl sites for hydroxylation is 2. The van der Waals surface area contributed by atoms with Gasteiger partial charge in [0, 0.05) is 38.9 Å². The molecule has 2 aromatic rings. The van der Waals surface area contributed by atoms with Crippen molar-refractivity contribution in [2.45, 2.75) is 32.7 Å². The van der Waals surface area contributed by atoms with Crippen molar-refractivity contribution in [3.63, 3.8) is 0 Å². The highest BCUT2D eigenvalue weighted by molar-refractivity contribution is 7.15. The van der Waals surface area contributed by atoms with Crippen LogP contribution in [0.3, 0.4) is 0 Å². The van der Waals surface area contributed by atoms with E-state index in [0.29, 0.717) is 19.0 Å². The molecule has 1 unspecified atom stereocenters. The van der Waals surface area contributed by atoms with Crippen LogP contribution in [-0.2, 0) is 9.53 Å². The Morgan fingerprint density at radius 3 is 3.00 bits per heavy atom. The van der Waals surface area contributed by atoms with E-state index in [1.54, 1.807) is 24.6 Å². The molecule has 1 aliphatic heterocycles. The molecule has 25 heavy (non-hydrogen) atoms. The van der Waals surface area contributed by atoms with Crippen molar-refractivity contribution in [1.29, 1.82) is 0 Å². The number of aromatic nitrogens is 3. The lowest BCUT2D eigenvalue weighted by Gasteiger charge is -2.17. The van der Waals surface area contributed by atoms with E-state index in [1.165, 1.54) is 0 Å². The normalized spacial score (nSPS) is 17.1. The molecule has 0 saturated carbocycles. The summed E-state index contributed by atoms with van der Waals surface area (Å²) in [6, 6.07) is 2.05. The molecule has 134 valence electrons. The quantitative estimate of drug-likeness (QED) is 0.847. The molecule has 0 bridgehead atoms. The third kappa shape index (κ3) is 4.32. The monoisotopic (exact) mass is 361 g/mol.